The van der Waals surface area contributed by atoms with Crippen molar-refractivity contribution in [1.29, 1.82) is 0 Å². The van der Waals surface area contributed by atoms with Crippen molar-refractivity contribution in [1.82, 2.24) is 20.3 Å². The molecule has 2 aromatic carbocycles. The molecule has 128 valence electrons. The molecule has 6 nitrogen and oxygen atoms in total. The maximum absolute atomic E-state index is 12.0. The highest BCUT2D eigenvalue weighted by Gasteiger charge is 2.07. The second kappa shape index (κ2) is 8.21. The average molecular weight is 336 g/mol. The van der Waals surface area contributed by atoms with E-state index in [2.05, 4.69) is 15.6 Å². The van der Waals surface area contributed by atoms with E-state index in [1.807, 2.05) is 54.6 Å². The number of benzene rings is 2. The molecule has 1 amide bonds. The van der Waals surface area contributed by atoms with Gasteiger partial charge in [-0.15, -0.1) is 5.10 Å². The topological polar surface area (TPSA) is 80.0 Å². The Balaban J connectivity index is 1.47. The molecule has 6 heteroatoms. The quantitative estimate of drug-likeness (QED) is 0.689. The van der Waals surface area contributed by atoms with E-state index in [0.717, 1.165) is 28.8 Å². The molecule has 0 spiro atoms. The molecule has 1 aromatic heterocycles. The van der Waals surface area contributed by atoms with Crippen molar-refractivity contribution in [2.75, 3.05) is 6.54 Å². The van der Waals surface area contributed by atoms with Gasteiger partial charge >= 0.3 is 0 Å². The van der Waals surface area contributed by atoms with Crippen molar-refractivity contribution in [3.05, 3.63) is 71.9 Å². The highest BCUT2D eigenvalue weighted by atomic mass is 16.3. The van der Waals surface area contributed by atoms with Crippen molar-refractivity contribution < 1.29 is 9.90 Å². The van der Waals surface area contributed by atoms with Crippen LogP contribution in [0.1, 0.15) is 11.1 Å². The van der Waals surface area contributed by atoms with E-state index in [-0.39, 0.29) is 19.1 Å². The van der Waals surface area contributed by atoms with Crippen molar-refractivity contribution in [3.63, 3.8) is 0 Å². The lowest BCUT2D eigenvalue weighted by Crippen LogP contribution is -2.29. The first-order chi connectivity index (χ1) is 12.2. The molecule has 0 saturated heterocycles. The fraction of sp³-hybridized carbons (Fsp3) is 0.211. The maximum Gasteiger partial charge on any atom is 0.241 e. The molecule has 0 bridgehead atoms. The summed E-state index contributed by atoms with van der Waals surface area (Å²) in [6.45, 7) is 0.737. The molecule has 0 aliphatic heterocycles. The van der Waals surface area contributed by atoms with Gasteiger partial charge in [0.15, 0.2) is 0 Å². The number of carbonyl (C=O) groups excluding carboxylic acids is 1. The number of amides is 1. The Hall–Kier alpha value is -2.99. The summed E-state index contributed by atoms with van der Waals surface area (Å²) in [5.41, 5.74) is 3.72. The second-order valence-corrected chi connectivity index (χ2v) is 5.74. The third-order valence-electron chi connectivity index (χ3n) is 3.86. The van der Waals surface area contributed by atoms with Gasteiger partial charge in [-0.1, -0.05) is 59.8 Å². The van der Waals surface area contributed by atoms with Gasteiger partial charge in [0.25, 0.3) is 0 Å². The van der Waals surface area contributed by atoms with Crippen molar-refractivity contribution in [3.8, 4) is 11.3 Å². The molecule has 0 unspecified atom stereocenters. The van der Waals surface area contributed by atoms with Gasteiger partial charge in [0.1, 0.15) is 12.2 Å². The summed E-state index contributed by atoms with van der Waals surface area (Å²) in [6.07, 6.45) is 2.51. The molecule has 0 atom stereocenters. The predicted octanol–water partition coefficient (Wildman–Crippen LogP) is 1.80. The van der Waals surface area contributed by atoms with Crippen LogP contribution in [0.5, 0.6) is 0 Å². The molecule has 0 aliphatic carbocycles. The molecule has 0 saturated carbocycles. The first-order valence-electron chi connectivity index (χ1n) is 8.15. The van der Waals surface area contributed by atoms with Crippen LogP contribution in [0.15, 0.2) is 60.8 Å². The Morgan fingerprint density at radius 2 is 1.76 bits per heavy atom. The molecule has 1 heterocycles. The van der Waals surface area contributed by atoms with Crippen molar-refractivity contribution in [2.45, 2.75) is 19.6 Å². The van der Waals surface area contributed by atoms with Crippen LogP contribution in [0.25, 0.3) is 11.3 Å². The van der Waals surface area contributed by atoms with Crippen LogP contribution in [0.2, 0.25) is 0 Å². The van der Waals surface area contributed by atoms with Crippen LogP contribution in [-0.2, 0) is 24.4 Å². The largest absolute Gasteiger partial charge is 0.392 e. The van der Waals surface area contributed by atoms with Crippen molar-refractivity contribution in [2.24, 2.45) is 0 Å². The summed E-state index contributed by atoms with van der Waals surface area (Å²) < 4.78 is 1.54. The van der Waals surface area contributed by atoms with E-state index in [1.54, 1.807) is 6.20 Å². The smallest absolute Gasteiger partial charge is 0.241 e. The molecule has 25 heavy (non-hydrogen) atoms. The van der Waals surface area contributed by atoms with Crippen molar-refractivity contribution >= 4 is 5.91 Å². The summed E-state index contributed by atoms with van der Waals surface area (Å²) in [4.78, 5) is 12.0. The highest BCUT2D eigenvalue weighted by molar-refractivity contribution is 5.75. The zero-order chi connectivity index (χ0) is 17.5. The Labute approximate surface area is 146 Å². The summed E-state index contributed by atoms with van der Waals surface area (Å²) >= 11 is 0. The summed E-state index contributed by atoms with van der Waals surface area (Å²) in [6, 6.07) is 17.4. The van der Waals surface area contributed by atoms with Gasteiger partial charge < -0.3 is 10.4 Å². The van der Waals surface area contributed by atoms with Gasteiger partial charge in [0.05, 0.1) is 12.8 Å². The van der Waals surface area contributed by atoms with Crippen LogP contribution in [-0.4, -0.2) is 32.6 Å². The standard InChI is InChI=1S/C19H20N4O2/c24-14-16-8-6-15(7-9-16)10-11-20-19(25)13-23-12-18(21-22-23)17-4-2-1-3-5-17/h1-9,12,24H,10-11,13-14H2,(H,20,25). The average Bonchev–Trinajstić information content (AvgIpc) is 3.11. The number of nitrogens with zero attached hydrogens (tertiary/aromatic N) is 3. The fourth-order valence-corrected chi connectivity index (χ4v) is 2.48. The predicted molar refractivity (Wildman–Crippen MR) is 94.5 cm³/mol. The van der Waals surface area contributed by atoms with Gasteiger partial charge in [-0.05, 0) is 17.5 Å². The van der Waals surface area contributed by atoms with E-state index in [1.165, 1.54) is 4.68 Å². The Bertz CT molecular complexity index is 813. The lowest BCUT2D eigenvalue weighted by atomic mass is 10.1. The summed E-state index contributed by atoms with van der Waals surface area (Å²) in [5.74, 6) is -0.100. The van der Waals surface area contributed by atoms with Crippen LogP contribution in [0, 0.1) is 0 Å². The zero-order valence-corrected chi connectivity index (χ0v) is 13.8. The van der Waals surface area contributed by atoms with Gasteiger partial charge in [0.2, 0.25) is 5.91 Å². The number of aliphatic hydroxyl groups is 1. The van der Waals surface area contributed by atoms with E-state index in [9.17, 15) is 4.79 Å². The number of aromatic nitrogens is 3. The number of aliphatic hydroxyl groups excluding tert-OH is 1. The fourth-order valence-electron chi connectivity index (χ4n) is 2.48. The number of rotatable bonds is 7. The van der Waals surface area contributed by atoms with Crippen LogP contribution in [0.4, 0.5) is 0 Å². The first kappa shape index (κ1) is 16.9. The minimum Gasteiger partial charge on any atom is -0.392 e. The number of hydrogen-bond donors (Lipinski definition) is 2. The van der Waals surface area contributed by atoms with Crippen LogP contribution >= 0.6 is 0 Å². The van der Waals surface area contributed by atoms with Gasteiger partial charge in [-0.2, -0.15) is 0 Å². The molecule has 0 aliphatic rings. The van der Waals surface area contributed by atoms with Gasteiger partial charge in [-0.3, -0.25) is 4.79 Å². The Morgan fingerprint density at radius 1 is 1.04 bits per heavy atom. The molecule has 3 rings (SSSR count). The minimum atomic E-state index is -0.100. The van der Waals surface area contributed by atoms with Crippen LogP contribution in [0.3, 0.4) is 0 Å². The number of carbonyl (C=O) groups is 1. The SMILES string of the molecule is O=C(Cn1cc(-c2ccccc2)nn1)NCCc1ccc(CO)cc1. The van der Waals surface area contributed by atoms with E-state index in [4.69, 9.17) is 5.11 Å². The Kier molecular flexibility index (Phi) is 5.53. The highest BCUT2D eigenvalue weighted by Crippen LogP contribution is 2.14. The Morgan fingerprint density at radius 3 is 2.48 bits per heavy atom. The number of hydrogen-bond acceptors (Lipinski definition) is 4. The molecule has 0 fully saturated rings. The third-order valence-corrected chi connectivity index (χ3v) is 3.86. The maximum atomic E-state index is 12.0. The molecule has 2 N–H and O–H groups in total. The normalized spacial score (nSPS) is 10.6. The lowest BCUT2D eigenvalue weighted by molar-refractivity contribution is -0.121. The monoisotopic (exact) mass is 336 g/mol. The second-order valence-electron chi connectivity index (χ2n) is 5.74. The van der Waals surface area contributed by atoms with Gasteiger partial charge in [0, 0.05) is 12.1 Å². The lowest BCUT2D eigenvalue weighted by Gasteiger charge is -2.06. The summed E-state index contributed by atoms with van der Waals surface area (Å²) in [5, 5.41) is 20.0. The number of nitrogens with one attached hydrogen (secondary N) is 1. The van der Waals surface area contributed by atoms with Gasteiger partial charge in [-0.25, -0.2) is 4.68 Å². The summed E-state index contributed by atoms with van der Waals surface area (Å²) in [7, 11) is 0. The van der Waals surface area contributed by atoms with E-state index < -0.39 is 0 Å². The first-order valence-corrected chi connectivity index (χ1v) is 8.15. The molecular formula is C19H20N4O2. The molecular weight excluding hydrogens is 316 g/mol. The van der Waals surface area contributed by atoms with E-state index in [0.29, 0.717) is 6.54 Å². The van der Waals surface area contributed by atoms with E-state index >= 15 is 0 Å². The van der Waals surface area contributed by atoms with Crippen LogP contribution < -0.4 is 5.32 Å². The zero-order valence-electron chi connectivity index (χ0n) is 13.8. The molecule has 3 aromatic rings. The minimum absolute atomic E-state index is 0.0416. The molecule has 0 radical (unpaired) electrons. The third kappa shape index (κ3) is 4.74.